The second-order valence-corrected chi connectivity index (χ2v) is 5.77. The second kappa shape index (κ2) is 9.61. The lowest BCUT2D eigenvalue weighted by atomic mass is 10.1. The fraction of sp³-hybridized carbons (Fsp3) is 0.333. The van der Waals surface area contributed by atoms with Crippen LogP contribution in [0.2, 0.25) is 0 Å². The average molecular weight is 355 g/mol. The summed E-state index contributed by atoms with van der Waals surface area (Å²) in [6.45, 7) is 5.97. The lowest BCUT2D eigenvalue weighted by Crippen LogP contribution is -2.33. The number of hydrogen-bond donors (Lipinski definition) is 1. The van der Waals surface area contributed by atoms with Crippen LogP contribution in [0.15, 0.2) is 48.5 Å². The van der Waals surface area contributed by atoms with Crippen molar-refractivity contribution in [2.45, 2.75) is 39.7 Å². The highest BCUT2D eigenvalue weighted by atomic mass is 16.5. The van der Waals surface area contributed by atoms with Crippen molar-refractivity contribution in [2.75, 3.05) is 11.9 Å². The number of anilines is 1. The monoisotopic (exact) mass is 355 g/mol. The van der Waals surface area contributed by atoms with E-state index >= 15 is 0 Å². The van der Waals surface area contributed by atoms with E-state index in [4.69, 9.17) is 9.47 Å². The number of carbonyl (C=O) groups excluding carboxylic acids is 2. The van der Waals surface area contributed by atoms with E-state index in [1.807, 2.05) is 31.2 Å². The molecule has 0 spiro atoms. The van der Waals surface area contributed by atoms with Crippen molar-refractivity contribution in [3.05, 3.63) is 59.7 Å². The summed E-state index contributed by atoms with van der Waals surface area (Å²) >= 11 is 0. The van der Waals surface area contributed by atoms with Crippen LogP contribution < -0.4 is 10.1 Å². The molecule has 5 heteroatoms. The highest BCUT2D eigenvalue weighted by Crippen LogP contribution is 2.19. The number of hydrogen-bond acceptors (Lipinski definition) is 4. The number of esters is 1. The summed E-state index contributed by atoms with van der Waals surface area (Å²) in [6, 6.07) is 14.5. The molecule has 1 atom stereocenters. The lowest BCUT2D eigenvalue weighted by molar-refractivity contribution is -0.122. The molecular weight excluding hydrogens is 330 g/mol. The first-order valence-electron chi connectivity index (χ1n) is 8.91. The average Bonchev–Trinajstić information content (AvgIpc) is 2.67. The number of benzene rings is 2. The molecule has 0 radical (unpaired) electrons. The van der Waals surface area contributed by atoms with Crippen molar-refractivity contribution in [1.29, 1.82) is 0 Å². The van der Waals surface area contributed by atoms with Crippen molar-refractivity contribution in [3.8, 4) is 5.75 Å². The zero-order chi connectivity index (χ0) is 18.9. The number of aryl methyl sites for hydroxylation is 1. The van der Waals surface area contributed by atoms with E-state index in [-0.39, 0.29) is 12.5 Å². The maximum atomic E-state index is 12.6. The van der Waals surface area contributed by atoms with Gasteiger partial charge in [-0.05, 0) is 49.6 Å². The van der Waals surface area contributed by atoms with Crippen molar-refractivity contribution in [1.82, 2.24) is 0 Å². The predicted octanol–water partition coefficient (Wildman–Crippen LogP) is 4.22. The quantitative estimate of drug-likeness (QED) is 0.720. The van der Waals surface area contributed by atoms with E-state index in [0.29, 0.717) is 23.4 Å². The van der Waals surface area contributed by atoms with Gasteiger partial charge in [0.15, 0.2) is 6.10 Å². The zero-order valence-corrected chi connectivity index (χ0v) is 15.5. The van der Waals surface area contributed by atoms with Gasteiger partial charge in [0.2, 0.25) is 0 Å². The van der Waals surface area contributed by atoms with Gasteiger partial charge in [0, 0.05) is 0 Å². The Morgan fingerprint density at radius 1 is 1.00 bits per heavy atom. The minimum Gasteiger partial charge on any atom is -0.481 e. The molecule has 0 fully saturated rings. The minimum absolute atomic E-state index is 0.273. The maximum Gasteiger partial charge on any atom is 0.340 e. The van der Waals surface area contributed by atoms with Crippen molar-refractivity contribution in [3.63, 3.8) is 0 Å². The topological polar surface area (TPSA) is 64.6 Å². The first kappa shape index (κ1) is 19.5. The van der Waals surface area contributed by atoms with Crippen LogP contribution >= 0.6 is 0 Å². The molecule has 26 heavy (non-hydrogen) atoms. The minimum atomic E-state index is -0.655. The summed E-state index contributed by atoms with van der Waals surface area (Å²) in [5.74, 6) is -0.126. The summed E-state index contributed by atoms with van der Waals surface area (Å²) in [5.41, 5.74) is 1.95. The SMILES string of the molecule is CCOC(=O)c1ccccc1NC(=O)[C@H](CC)Oc1ccc(CC)cc1. The van der Waals surface area contributed by atoms with Crippen LogP contribution in [0.25, 0.3) is 0 Å². The van der Waals surface area contributed by atoms with Crippen LogP contribution in [0.1, 0.15) is 43.1 Å². The molecule has 2 rings (SSSR count). The van der Waals surface area contributed by atoms with Crippen molar-refractivity contribution in [2.24, 2.45) is 0 Å². The molecule has 1 amide bonds. The summed E-state index contributed by atoms with van der Waals surface area (Å²) in [4.78, 5) is 24.6. The Bertz CT molecular complexity index is 740. The third kappa shape index (κ3) is 5.09. The summed E-state index contributed by atoms with van der Waals surface area (Å²) < 4.78 is 10.8. The molecule has 1 N–H and O–H groups in total. The van der Waals surface area contributed by atoms with Gasteiger partial charge in [0.05, 0.1) is 17.9 Å². The number of nitrogens with one attached hydrogen (secondary N) is 1. The molecule has 0 aromatic heterocycles. The van der Waals surface area contributed by atoms with E-state index in [0.717, 1.165) is 6.42 Å². The second-order valence-electron chi connectivity index (χ2n) is 5.77. The molecule has 0 aliphatic heterocycles. The highest BCUT2D eigenvalue weighted by molar-refractivity contribution is 6.02. The van der Waals surface area contributed by atoms with Crippen molar-refractivity contribution >= 4 is 17.6 Å². The summed E-state index contributed by atoms with van der Waals surface area (Å²) in [5, 5.41) is 2.78. The van der Waals surface area contributed by atoms with Crippen LogP contribution in [0.4, 0.5) is 5.69 Å². The van der Waals surface area contributed by atoms with Crippen LogP contribution in [-0.2, 0) is 16.0 Å². The van der Waals surface area contributed by atoms with Crippen LogP contribution in [0.5, 0.6) is 5.75 Å². The Morgan fingerprint density at radius 2 is 1.69 bits per heavy atom. The lowest BCUT2D eigenvalue weighted by Gasteiger charge is -2.18. The van der Waals surface area contributed by atoms with Crippen LogP contribution in [-0.4, -0.2) is 24.6 Å². The number of amides is 1. The van der Waals surface area contributed by atoms with Gasteiger partial charge in [-0.25, -0.2) is 4.79 Å². The van der Waals surface area contributed by atoms with Gasteiger partial charge < -0.3 is 14.8 Å². The first-order chi connectivity index (χ1) is 12.6. The molecule has 0 heterocycles. The predicted molar refractivity (Wildman–Crippen MR) is 102 cm³/mol. The van der Waals surface area contributed by atoms with E-state index in [2.05, 4.69) is 12.2 Å². The van der Waals surface area contributed by atoms with Crippen molar-refractivity contribution < 1.29 is 19.1 Å². The molecule has 2 aromatic carbocycles. The molecular formula is C21H25NO4. The molecule has 2 aromatic rings. The van der Waals surface area contributed by atoms with Gasteiger partial charge in [0.25, 0.3) is 5.91 Å². The van der Waals surface area contributed by atoms with Gasteiger partial charge >= 0.3 is 5.97 Å². The number of carbonyl (C=O) groups is 2. The van der Waals surface area contributed by atoms with E-state index in [1.54, 1.807) is 31.2 Å². The molecule has 0 bridgehead atoms. The third-order valence-corrected chi connectivity index (χ3v) is 3.95. The first-order valence-corrected chi connectivity index (χ1v) is 8.91. The van der Waals surface area contributed by atoms with Crippen LogP contribution in [0.3, 0.4) is 0 Å². The fourth-order valence-electron chi connectivity index (χ4n) is 2.48. The number of rotatable bonds is 8. The highest BCUT2D eigenvalue weighted by Gasteiger charge is 2.21. The number of ether oxygens (including phenoxy) is 2. The van der Waals surface area contributed by atoms with Gasteiger partial charge in [-0.1, -0.05) is 38.1 Å². The fourth-order valence-corrected chi connectivity index (χ4v) is 2.48. The van der Waals surface area contributed by atoms with E-state index < -0.39 is 12.1 Å². The summed E-state index contributed by atoms with van der Waals surface area (Å²) in [7, 11) is 0. The smallest absolute Gasteiger partial charge is 0.340 e. The molecule has 138 valence electrons. The molecule has 0 saturated heterocycles. The van der Waals surface area contributed by atoms with Gasteiger partial charge in [-0.2, -0.15) is 0 Å². The Hall–Kier alpha value is -2.82. The zero-order valence-electron chi connectivity index (χ0n) is 15.5. The maximum absolute atomic E-state index is 12.6. The Morgan fingerprint density at radius 3 is 2.31 bits per heavy atom. The molecule has 0 aliphatic carbocycles. The molecule has 0 saturated carbocycles. The Kier molecular flexibility index (Phi) is 7.21. The van der Waals surface area contributed by atoms with Gasteiger partial charge in [0.1, 0.15) is 5.75 Å². The molecule has 0 aliphatic rings. The Balaban J connectivity index is 2.10. The largest absolute Gasteiger partial charge is 0.481 e. The molecule has 5 nitrogen and oxygen atoms in total. The van der Waals surface area contributed by atoms with Gasteiger partial charge in [-0.15, -0.1) is 0 Å². The molecule has 0 unspecified atom stereocenters. The van der Waals surface area contributed by atoms with Gasteiger partial charge in [-0.3, -0.25) is 4.79 Å². The Labute approximate surface area is 154 Å². The van der Waals surface area contributed by atoms with E-state index in [1.165, 1.54) is 5.56 Å². The third-order valence-electron chi connectivity index (χ3n) is 3.95. The number of para-hydroxylation sites is 1. The van der Waals surface area contributed by atoms with E-state index in [9.17, 15) is 9.59 Å². The van der Waals surface area contributed by atoms with Crippen LogP contribution in [0, 0.1) is 0 Å². The standard InChI is InChI=1S/C21H25NO4/c1-4-15-11-13-16(14-12-15)26-19(5-2)20(23)22-18-10-8-7-9-17(18)21(24)25-6-3/h7-14,19H,4-6H2,1-3H3,(H,22,23)/t19-/m0/s1. The normalized spacial score (nSPS) is 11.5. The summed E-state index contributed by atoms with van der Waals surface area (Å²) in [6.07, 6.45) is 0.795.